The Morgan fingerprint density at radius 3 is 2.21 bits per heavy atom. The average molecular weight is 400 g/mol. The number of rotatable bonds is 17. The van der Waals surface area contributed by atoms with Crippen molar-refractivity contribution in [2.45, 2.75) is 96.8 Å². The minimum absolute atomic E-state index is 0.0163. The molecule has 0 fully saturated rings. The third-order valence-electron chi connectivity index (χ3n) is 5.23. The summed E-state index contributed by atoms with van der Waals surface area (Å²) in [6.07, 6.45) is 26.2. The average Bonchev–Trinajstić information content (AvgIpc) is 3.42. The molecule has 0 aromatic carbocycles. The molecule has 0 amide bonds. The molecule has 0 N–H and O–H groups in total. The van der Waals surface area contributed by atoms with E-state index in [1.807, 2.05) is 0 Å². The van der Waals surface area contributed by atoms with Gasteiger partial charge < -0.3 is 8.83 Å². The molecule has 4 nitrogen and oxygen atoms in total. The summed E-state index contributed by atoms with van der Waals surface area (Å²) in [4.78, 5) is 16.4. The first kappa shape index (κ1) is 23.2. The molecule has 4 heteroatoms. The molecule has 0 saturated carbocycles. The molecule has 2 aromatic heterocycles. The quantitative estimate of drug-likeness (QED) is 0.153. The minimum atomic E-state index is -0.0163. The first-order chi connectivity index (χ1) is 14.3. The van der Waals surface area contributed by atoms with Crippen LogP contribution in [-0.4, -0.2) is 10.8 Å². The van der Waals surface area contributed by atoms with Crippen molar-refractivity contribution < 1.29 is 13.6 Å². The summed E-state index contributed by atoms with van der Waals surface area (Å²) in [6, 6.07) is 1.80. The topological polar surface area (TPSA) is 56.2 Å². The fourth-order valence-corrected chi connectivity index (χ4v) is 3.41. The van der Waals surface area contributed by atoms with E-state index in [2.05, 4.69) is 24.1 Å². The van der Waals surface area contributed by atoms with E-state index in [0.717, 1.165) is 18.4 Å². The van der Waals surface area contributed by atoms with Gasteiger partial charge in [-0.25, -0.2) is 4.98 Å². The number of carbonyl (C=O) groups is 1. The molecule has 0 atom stereocenters. The smallest absolute Gasteiger partial charge is 0.263 e. The maximum absolute atomic E-state index is 12.2. The maximum atomic E-state index is 12.2. The first-order valence-electron chi connectivity index (χ1n) is 11.5. The predicted octanol–water partition coefficient (Wildman–Crippen LogP) is 8.15. The summed E-state index contributed by atoms with van der Waals surface area (Å²) in [5.41, 5.74) is 1.47. The molecule has 0 spiro atoms. The maximum Gasteiger partial charge on any atom is 0.263 e. The summed E-state index contributed by atoms with van der Waals surface area (Å²) >= 11 is 0. The standard InChI is InChI=1S/C25H37NO3/c1-2-3-4-5-6-7-8-9-10-11-12-13-14-15-16-17-24(27)25-26-23(21-29-25)22-18-19-28-20-22/h9-10,18-21H,2-8,11-17H2,1H3/b10-9-. The molecule has 29 heavy (non-hydrogen) atoms. The van der Waals surface area contributed by atoms with E-state index < -0.39 is 0 Å². The van der Waals surface area contributed by atoms with E-state index in [1.165, 1.54) is 76.9 Å². The fourth-order valence-electron chi connectivity index (χ4n) is 3.41. The number of allylic oxidation sites excluding steroid dienone is 2. The lowest BCUT2D eigenvalue weighted by Gasteiger charge is -2.00. The van der Waals surface area contributed by atoms with Gasteiger partial charge in [0.2, 0.25) is 5.78 Å². The van der Waals surface area contributed by atoms with Crippen LogP contribution in [0.5, 0.6) is 0 Å². The van der Waals surface area contributed by atoms with Gasteiger partial charge in [-0.05, 0) is 38.2 Å². The van der Waals surface area contributed by atoms with Crippen molar-refractivity contribution in [2.75, 3.05) is 0 Å². The Hall–Kier alpha value is -2.10. The van der Waals surface area contributed by atoms with Crippen LogP contribution in [0.15, 0.2) is 45.8 Å². The second-order valence-electron chi connectivity index (χ2n) is 7.81. The molecule has 0 aliphatic heterocycles. The normalized spacial score (nSPS) is 11.5. The van der Waals surface area contributed by atoms with Crippen molar-refractivity contribution in [1.82, 2.24) is 4.98 Å². The number of carbonyl (C=O) groups excluding carboxylic acids is 1. The molecule has 2 aromatic rings. The van der Waals surface area contributed by atoms with Crippen LogP contribution in [0.4, 0.5) is 0 Å². The Morgan fingerprint density at radius 1 is 0.897 bits per heavy atom. The molecule has 2 heterocycles. The molecule has 0 saturated heterocycles. The van der Waals surface area contributed by atoms with Gasteiger partial charge in [-0.1, -0.05) is 70.4 Å². The Bertz CT molecular complexity index is 685. The molecular weight excluding hydrogens is 362 g/mol. The highest BCUT2D eigenvalue weighted by molar-refractivity contribution is 5.92. The molecule has 160 valence electrons. The van der Waals surface area contributed by atoms with Gasteiger partial charge in [-0.2, -0.15) is 0 Å². The van der Waals surface area contributed by atoms with E-state index in [1.54, 1.807) is 18.6 Å². The van der Waals surface area contributed by atoms with Crippen LogP contribution < -0.4 is 0 Å². The van der Waals surface area contributed by atoms with Crippen molar-refractivity contribution in [3.05, 3.63) is 42.9 Å². The lowest BCUT2D eigenvalue weighted by molar-refractivity contribution is 0.0945. The van der Waals surface area contributed by atoms with Gasteiger partial charge in [0.15, 0.2) is 0 Å². The van der Waals surface area contributed by atoms with Crippen molar-refractivity contribution in [1.29, 1.82) is 0 Å². The van der Waals surface area contributed by atoms with Crippen LogP contribution in [0.25, 0.3) is 11.3 Å². The van der Waals surface area contributed by atoms with Gasteiger partial charge in [0.25, 0.3) is 5.89 Å². The first-order valence-corrected chi connectivity index (χ1v) is 11.5. The zero-order valence-corrected chi connectivity index (χ0v) is 18.0. The molecule has 0 unspecified atom stereocenters. The van der Waals surface area contributed by atoms with E-state index in [0.29, 0.717) is 12.1 Å². The second-order valence-corrected chi connectivity index (χ2v) is 7.81. The zero-order chi connectivity index (χ0) is 20.6. The van der Waals surface area contributed by atoms with Crippen molar-refractivity contribution in [3.63, 3.8) is 0 Å². The van der Waals surface area contributed by atoms with Crippen LogP contribution >= 0.6 is 0 Å². The Labute approximate surface area is 175 Å². The highest BCUT2D eigenvalue weighted by Crippen LogP contribution is 2.20. The minimum Gasteiger partial charge on any atom is -0.472 e. The summed E-state index contributed by atoms with van der Waals surface area (Å²) in [6.45, 7) is 2.26. The van der Waals surface area contributed by atoms with Crippen LogP contribution in [-0.2, 0) is 0 Å². The summed E-state index contributed by atoms with van der Waals surface area (Å²) in [5.74, 6) is 0.189. The lowest BCUT2D eigenvalue weighted by atomic mass is 10.1. The van der Waals surface area contributed by atoms with E-state index in [-0.39, 0.29) is 11.7 Å². The number of nitrogens with zero attached hydrogens (tertiary/aromatic N) is 1. The predicted molar refractivity (Wildman–Crippen MR) is 118 cm³/mol. The zero-order valence-electron chi connectivity index (χ0n) is 18.0. The SMILES string of the molecule is CCCCCCCC/C=C\CCCCCCCC(=O)c1nc(-c2ccoc2)co1. The molecule has 0 bridgehead atoms. The third-order valence-corrected chi connectivity index (χ3v) is 5.23. The Kier molecular flexibility index (Phi) is 11.9. The number of aromatic nitrogens is 1. The van der Waals surface area contributed by atoms with E-state index in [4.69, 9.17) is 8.83 Å². The van der Waals surface area contributed by atoms with E-state index in [9.17, 15) is 4.79 Å². The van der Waals surface area contributed by atoms with Gasteiger partial charge in [0, 0.05) is 12.0 Å². The molecule has 0 aliphatic rings. The molecule has 0 radical (unpaired) electrons. The number of hydrogen-bond acceptors (Lipinski definition) is 4. The van der Waals surface area contributed by atoms with Crippen molar-refractivity contribution in [3.8, 4) is 11.3 Å². The Balaban J connectivity index is 1.42. The van der Waals surface area contributed by atoms with Gasteiger partial charge in [0.05, 0.1) is 12.5 Å². The van der Waals surface area contributed by atoms with Crippen LogP contribution in [0.1, 0.15) is 108 Å². The summed E-state index contributed by atoms with van der Waals surface area (Å²) < 4.78 is 10.3. The lowest BCUT2D eigenvalue weighted by Crippen LogP contribution is -1.99. The van der Waals surface area contributed by atoms with Crippen LogP contribution in [0.2, 0.25) is 0 Å². The van der Waals surface area contributed by atoms with Gasteiger partial charge in [0.1, 0.15) is 12.0 Å². The number of Topliss-reactive ketones (excluding diaryl/α,β-unsaturated/α-hetero) is 1. The third kappa shape index (κ3) is 9.78. The number of furan rings is 1. The second kappa shape index (κ2) is 14.8. The highest BCUT2D eigenvalue weighted by atomic mass is 16.3. The number of hydrogen-bond donors (Lipinski definition) is 0. The number of ketones is 1. The largest absolute Gasteiger partial charge is 0.472 e. The van der Waals surface area contributed by atoms with Crippen LogP contribution in [0, 0.1) is 0 Å². The number of oxazole rings is 1. The molecule has 0 aliphatic carbocycles. The van der Waals surface area contributed by atoms with Gasteiger partial charge in [-0.15, -0.1) is 0 Å². The van der Waals surface area contributed by atoms with Crippen molar-refractivity contribution >= 4 is 5.78 Å². The summed E-state index contributed by atoms with van der Waals surface area (Å²) in [7, 11) is 0. The fraction of sp³-hybridized carbons (Fsp3) is 0.600. The number of unbranched alkanes of at least 4 members (excludes halogenated alkanes) is 11. The van der Waals surface area contributed by atoms with E-state index >= 15 is 0 Å². The summed E-state index contributed by atoms with van der Waals surface area (Å²) in [5, 5.41) is 0. The molecule has 2 rings (SSSR count). The van der Waals surface area contributed by atoms with Gasteiger partial charge in [-0.3, -0.25) is 4.79 Å². The Morgan fingerprint density at radius 2 is 1.55 bits per heavy atom. The monoisotopic (exact) mass is 399 g/mol. The van der Waals surface area contributed by atoms with Crippen molar-refractivity contribution in [2.24, 2.45) is 0 Å². The molecular formula is C25H37NO3. The van der Waals surface area contributed by atoms with Gasteiger partial charge >= 0.3 is 0 Å². The highest BCUT2D eigenvalue weighted by Gasteiger charge is 2.14. The van der Waals surface area contributed by atoms with Crippen LogP contribution in [0.3, 0.4) is 0 Å².